The van der Waals surface area contributed by atoms with E-state index in [2.05, 4.69) is 30.8 Å². The Morgan fingerprint density at radius 1 is 1.43 bits per heavy atom. The van der Waals surface area contributed by atoms with Gasteiger partial charge >= 0.3 is 0 Å². The Morgan fingerprint density at radius 3 is 2.78 bits per heavy atom. The lowest BCUT2D eigenvalue weighted by Crippen LogP contribution is -2.36. The first-order chi connectivity index (χ1) is 11.0. The molecule has 1 aromatic carbocycles. The molecule has 0 saturated heterocycles. The molecule has 0 atom stereocenters. The zero-order valence-electron chi connectivity index (χ0n) is 13.7. The molecule has 0 aliphatic carbocycles. The fourth-order valence-corrected chi connectivity index (χ4v) is 2.38. The van der Waals surface area contributed by atoms with Gasteiger partial charge in [0.1, 0.15) is 6.54 Å². The van der Waals surface area contributed by atoms with E-state index in [9.17, 15) is 9.59 Å². The SMILES string of the molecule is C=CC(=O)N(CC)CC(=O)Nc1ccc2cnn(C(C)C)c2c1. The van der Waals surface area contributed by atoms with Crippen LogP contribution in [0.4, 0.5) is 5.69 Å². The molecule has 1 N–H and O–H groups in total. The van der Waals surface area contributed by atoms with E-state index in [1.807, 2.05) is 36.0 Å². The molecule has 2 rings (SSSR count). The van der Waals surface area contributed by atoms with Crippen molar-refractivity contribution in [1.29, 1.82) is 0 Å². The number of fused-ring (bicyclic) bond motifs is 1. The zero-order valence-corrected chi connectivity index (χ0v) is 13.7. The number of amides is 2. The van der Waals surface area contributed by atoms with Crippen molar-refractivity contribution in [1.82, 2.24) is 14.7 Å². The first-order valence-electron chi connectivity index (χ1n) is 7.64. The van der Waals surface area contributed by atoms with Gasteiger partial charge in [0.2, 0.25) is 11.8 Å². The lowest BCUT2D eigenvalue weighted by molar-refractivity contribution is -0.130. The Hall–Kier alpha value is -2.63. The summed E-state index contributed by atoms with van der Waals surface area (Å²) < 4.78 is 1.91. The normalized spacial score (nSPS) is 10.8. The molecule has 0 unspecified atom stereocenters. The van der Waals surface area contributed by atoms with Crippen LogP contribution in [0, 0.1) is 0 Å². The molecule has 0 saturated carbocycles. The number of anilines is 1. The summed E-state index contributed by atoms with van der Waals surface area (Å²) in [5.74, 6) is -0.493. The second kappa shape index (κ2) is 7.09. The van der Waals surface area contributed by atoms with Gasteiger partial charge in [0.25, 0.3) is 0 Å². The van der Waals surface area contributed by atoms with E-state index in [0.29, 0.717) is 12.2 Å². The van der Waals surface area contributed by atoms with Crippen LogP contribution in [0.5, 0.6) is 0 Å². The standard InChI is InChI=1S/C17H22N4O2/c1-5-17(23)20(6-2)11-16(22)19-14-8-7-13-10-18-21(12(3)4)15(13)9-14/h5,7-10,12H,1,6,11H2,2-4H3,(H,19,22). The van der Waals surface area contributed by atoms with Gasteiger partial charge < -0.3 is 10.2 Å². The molecule has 0 radical (unpaired) electrons. The van der Waals surface area contributed by atoms with Crippen molar-refractivity contribution in [2.45, 2.75) is 26.8 Å². The molecule has 2 aromatic rings. The number of nitrogens with zero attached hydrogens (tertiary/aromatic N) is 3. The summed E-state index contributed by atoms with van der Waals surface area (Å²) in [6.07, 6.45) is 3.02. The number of likely N-dealkylation sites (N-methyl/N-ethyl adjacent to an activating group) is 1. The summed E-state index contributed by atoms with van der Waals surface area (Å²) in [5, 5.41) is 8.20. The lowest BCUT2D eigenvalue weighted by atomic mass is 10.2. The van der Waals surface area contributed by atoms with Crippen LogP contribution in [0.1, 0.15) is 26.8 Å². The molecule has 0 spiro atoms. The molecule has 0 bridgehead atoms. The maximum atomic E-state index is 12.1. The van der Waals surface area contributed by atoms with Crippen LogP contribution < -0.4 is 5.32 Å². The Balaban J connectivity index is 2.14. The molecule has 2 amide bonds. The third-order valence-corrected chi connectivity index (χ3v) is 3.57. The zero-order chi connectivity index (χ0) is 17.0. The van der Waals surface area contributed by atoms with Crippen LogP contribution in [0.15, 0.2) is 37.1 Å². The average molecular weight is 314 g/mol. The highest BCUT2D eigenvalue weighted by Gasteiger charge is 2.13. The van der Waals surface area contributed by atoms with Crippen LogP contribution >= 0.6 is 0 Å². The number of benzene rings is 1. The summed E-state index contributed by atoms with van der Waals surface area (Å²) in [5.41, 5.74) is 1.65. The molecular weight excluding hydrogens is 292 g/mol. The first kappa shape index (κ1) is 16.7. The number of carbonyl (C=O) groups is 2. The monoisotopic (exact) mass is 314 g/mol. The maximum Gasteiger partial charge on any atom is 0.246 e. The van der Waals surface area contributed by atoms with Crippen molar-refractivity contribution in [2.24, 2.45) is 0 Å². The van der Waals surface area contributed by atoms with Crippen molar-refractivity contribution in [3.8, 4) is 0 Å². The minimum atomic E-state index is -0.254. The van der Waals surface area contributed by atoms with Crippen molar-refractivity contribution in [3.05, 3.63) is 37.1 Å². The van der Waals surface area contributed by atoms with Crippen molar-refractivity contribution in [2.75, 3.05) is 18.4 Å². The number of carbonyl (C=O) groups excluding carboxylic acids is 2. The summed E-state index contributed by atoms with van der Waals surface area (Å²) in [4.78, 5) is 25.2. The molecule has 1 heterocycles. The second-order valence-electron chi connectivity index (χ2n) is 5.56. The van der Waals surface area contributed by atoms with Gasteiger partial charge in [-0.2, -0.15) is 5.10 Å². The van der Waals surface area contributed by atoms with E-state index >= 15 is 0 Å². The lowest BCUT2D eigenvalue weighted by Gasteiger charge is -2.18. The largest absolute Gasteiger partial charge is 0.330 e. The number of hydrogen-bond donors (Lipinski definition) is 1. The molecule has 6 heteroatoms. The summed E-state index contributed by atoms with van der Waals surface area (Å²) >= 11 is 0. The van der Waals surface area contributed by atoms with Crippen molar-refractivity contribution < 1.29 is 9.59 Å². The predicted molar refractivity (Wildman–Crippen MR) is 91.2 cm³/mol. The quantitative estimate of drug-likeness (QED) is 0.833. The second-order valence-corrected chi connectivity index (χ2v) is 5.56. The van der Waals surface area contributed by atoms with Gasteiger partial charge in [-0.3, -0.25) is 14.3 Å². The van der Waals surface area contributed by atoms with Gasteiger partial charge in [-0.15, -0.1) is 0 Å². The van der Waals surface area contributed by atoms with Crippen LogP contribution in [-0.2, 0) is 9.59 Å². The van der Waals surface area contributed by atoms with E-state index in [1.54, 1.807) is 0 Å². The van der Waals surface area contributed by atoms with Gasteiger partial charge in [-0.1, -0.05) is 6.58 Å². The van der Waals surface area contributed by atoms with Crippen LogP contribution in [-0.4, -0.2) is 39.6 Å². The highest BCUT2D eigenvalue weighted by molar-refractivity contribution is 5.97. The van der Waals surface area contributed by atoms with Gasteiger partial charge in [0.15, 0.2) is 0 Å². The molecular formula is C17H22N4O2. The van der Waals surface area contributed by atoms with Crippen LogP contribution in [0.2, 0.25) is 0 Å². The fourth-order valence-electron chi connectivity index (χ4n) is 2.38. The number of aromatic nitrogens is 2. The van der Waals surface area contributed by atoms with Gasteiger partial charge in [-0.05, 0) is 45.0 Å². The molecule has 0 aliphatic rings. The molecule has 23 heavy (non-hydrogen) atoms. The first-order valence-corrected chi connectivity index (χ1v) is 7.64. The maximum absolute atomic E-state index is 12.1. The number of hydrogen-bond acceptors (Lipinski definition) is 3. The van der Waals surface area contributed by atoms with Crippen LogP contribution in [0.25, 0.3) is 10.9 Å². The third kappa shape index (κ3) is 3.77. The summed E-state index contributed by atoms with van der Waals surface area (Å²) in [6, 6.07) is 5.88. The van der Waals surface area contributed by atoms with E-state index < -0.39 is 0 Å². The minimum Gasteiger partial charge on any atom is -0.330 e. The van der Waals surface area contributed by atoms with E-state index in [1.165, 1.54) is 11.0 Å². The van der Waals surface area contributed by atoms with Gasteiger partial charge in [-0.25, -0.2) is 0 Å². The fraction of sp³-hybridized carbons (Fsp3) is 0.353. The predicted octanol–water partition coefficient (Wildman–Crippen LogP) is 2.59. The molecule has 0 fully saturated rings. The summed E-state index contributed by atoms with van der Waals surface area (Å²) in [6.45, 7) is 9.83. The summed E-state index contributed by atoms with van der Waals surface area (Å²) in [7, 11) is 0. The third-order valence-electron chi connectivity index (χ3n) is 3.57. The molecule has 6 nitrogen and oxygen atoms in total. The van der Waals surface area contributed by atoms with Gasteiger partial charge in [0.05, 0.1) is 11.7 Å². The topological polar surface area (TPSA) is 67.2 Å². The minimum absolute atomic E-state index is 0.00281. The molecule has 0 aliphatic heterocycles. The van der Waals surface area contributed by atoms with Gasteiger partial charge in [0, 0.05) is 23.7 Å². The average Bonchev–Trinajstić information content (AvgIpc) is 2.95. The molecule has 122 valence electrons. The van der Waals surface area contributed by atoms with Crippen LogP contribution in [0.3, 0.4) is 0 Å². The van der Waals surface area contributed by atoms with E-state index in [-0.39, 0.29) is 24.4 Å². The van der Waals surface area contributed by atoms with Crippen molar-refractivity contribution in [3.63, 3.8) is 0 Å². The number of rotatable bonds is 6. The Kier molecular flexibility index (Phi) is 5.16. The Morgan fingerprint density at radius 2 is 2.17 bits per heavy atom. The Bertz CT molecular complexity index is 733. The van der Waals surface area contributed by atoms with E-state index in [4.69, 9.17) is 0 Å². The van der Waals surface area contributed by atoms with Crippen molar-refractivity contribution >= 4 is 28.4 Å². The highest BCUT2D eigenvalue weighted by atomic mass is 16.2. The molecule has 1 aromatic heterocycles. The Labute approximate surface area is 135 Å². The number of nitrogens with one attached hydrogen (secondary N) is 1. The van der Waals surface area contributed by atoms with E-state index in [0.717, 1.165) is 10.9 Å². The highest BCUT2D eigenvalue weighted by Crippen LogP contribution is 2.21. The smallest absolute Gasteiger partial charge is 0.246 e.